The van der Waals surface area contributed by atoms with Crippen LogP contribution < -0.4 is 5.32 Å². The predicted octanol–water partition coefficient (Wildman–Crippen LogP) is 2.72. The number of thiazole rings is 1. The number of amides is 2. The first-order valence-corrected chi connectivity index (χ1v) is 10.1. The molecule has 2 amide bonds. The van der Waals surface area contributed by atoms with E-state index in [1.165, 1.54) is 0 Å². The van der Waals surface area contributed by atoms with Crippen LogP contribution >= 0.6 is 11.3 Å². The quantitative estimate of drug-likeness (QED) is 0.708. The van der Waals surface area contributed by atoms with Crippen LogP contribution in [-0.2, 0) is 17.8 Å². The molecule has 1 fully saturated rings. The second-order valence-electron chi connectivity index (χ2n) is 6.69. The number of urea groups is 1. The van der Waals surface area contributed by atoms with Crippen LogP contribution in [0.2, 0.25) is 0 Å². The molecule has 7 nitrogen and oxygen atoms in total. The normalized spacial score (nSPS) is 17.3. The van der Waals surface area contributed by atoms with Gasteiger partial charge in [0.15, 0.2) is 4.96 Å². The number of hydrogen-bond acceptors (Lipinski definition) is 5. The lowest BCUT2D eigenvalue weighted by atomic mass is 10.1. The molecular weight excluding hydrogens is 362 g/mol. The van der Waals surface area contributed by atoms with Gasteiger partial charge in [-0.2, -0.15) is 0 Å². The maximum atomic E-state index is 12.5. The summed E-state index contributed by atoms with van der Waals surface area (Å²) in [6, 6.07) is 3.88. The number of rotatable bonds is 6. The maximum absolute atomic E-state index is 12.5. The highest BCUT2D eigenvalue weighted by molar-refractivity contribution is 7.15. The highest BCUT2D eigenvalue weighted by atomic mass is 32.1. The highest BCUT2D eigenvalue weighted by Gasteiger charge is 2.24. The number of piperidine rings is 1. The van der Waals surface area contributed by atoms with Crippen LogP contribution in [0.25, 0.3) is 4.96 Å². The van der Waals surface area contributed by atoms with Gasteiger partial charge in [0, 0.05) is 56.2 Å². The molecule has 4 heterocycles. The van der Waals surface area contributed by atoms with Gasteiger partial charge in [0.05, 0.1) is 18.4 Å². The van der Waals surface area contributed by atoms with Gasteiger partial charge in [-0.05, 0) is 24.5 Å². The van der Waals surface area contributed by atoms with Crippen LogP contribution in [0.5, 0.6) is 0 Å². The minimum Gasteiger partial charge on any atom is -0.372 e. The van der Waals surface area contributed by atoms with E-state index >= 15 is 0 Å². The minimum absolute atomic E-state index is 0.0225. The van der Waals surface area contributed by atoms with Gasteiger partial charge in [-0.25, -0.2) is 9.78 Å². The third-order valence-electron chi connectivity index (χ3n) is 4.67. The fraction of sp³-hybridized carbons (Fsp3) is 0.421. The van der Waals surface area contributed by atoms with Crippen molar-refractivity contribution in [3.63, 3.8) is 0 Å². The molecule has 0 unspecified atom stereocenters. The standard InChI is InChI=1S/C19H23N5O2S/c25-18(21-7-5-16-12-24-9-10-27-19(24)22-16)23-8-2-4-17(13-23)26-14-15-3-1-6-20-11-15/h1,3,6,9-12,17H,2,4-5,7-8,13-14H2,(H,21,25)/t17-/m0/s1. The van der Waals surface area contributed by atoms with Crippen LogP contribution in [0.4, 0.5) is 4.79 Å². The molecule has 0 bridgehead atoms. The number of nitrogens with zero attached hydrogens (tertiary/aromatic N) is 4. The molecule has 1 aliphatic rings. The number of carbonyl (C=O) groups excluding carboxylic acids is 1. The van der Waals surface area contributed by atoms with Crippen molar-refractivity contribution in [2.75, 3.05) is 19.6 Å². The number of aromatic nitrogens is 3. The summed E-state index contributed by atoms with van der Waals surface area (Å²) >= 11 is 1.61. The van der Waals surface area contributed by atoms with Gasteiger partial charge in [0.25, 0.3) is 0 Å². The summed E-state index contributed by atoms with van der Waals surface area (Å²) in [5.74, 6) is 0. The first-order chi connectivity index (χ1) is 13.3. The van der Waals surface area contributed by atoms with Crippen LogP contribution in [0, 0.1) is 0 Å². The van der Waals surface area contributed by atoms with E-state index in [2.05, 4.69) is 15.3 Å². The Kier molecular flexibility index (Phi) is 5.64. The van der Waals surface area contributed by atoms with E-state index in [0.717, 1.165) is 42.0 Å². The molecule has 0 aromatic carbocycles. The van der Waals surface area contributed by atoms with Crippen LogP contribution in [0.15, 0.2) is 42.3 Å². The monoisotopic (exact) mass is 385 g/mol. The van der Waals surface area contributed by atoms with E-state index in [4.69, 9.17) is 4.74 Å². The van der Waals surface area contributed by atoms with Crippen molar-refractivity contribution in [1.82, 2.24) is 24.6 Å². The van der Waals surface area contributed by atoms with Crippen molar-refractivity contribution >= 4 is 22.3 Å². The number of nitrogens with one attached hydrogen (secondary N) is 1. The fourth-order valence-corrected chi connectivity index (χ4v) is 3.98. The molecule has 1 saturated heterocycles. The molecule has 0 saturated carbocycles. The molecule has 1 N–H and O–H groups in total. The average Bonchev–Trinajstić information content (AvgIpc) is 3.29. The van der Waals surface area contributed by atoms with Crippen molar-refractivity contribution in [1.29, 1.82) is 0 Å². The number of pyridine rings is 1. The molecule has 142 valence electrons. The number of fused-ring (bicyclic) bond motifs is 1. The fourth-order valence-electron chi connectivity index (χ4n) is 3.26. The van der Waals surface area contributed by atoms with Crippen molar-refractivity contribution in [3.8, 4) is 0 Å². The van der Waals surface area contributed by atoms with Gasteiger partial charge in [-0.1, -0.05) is 6.07 Å². The number of hydrogen-bond donors (Lipinski definition) is 1. The van der Waals surface area contributed by atoms with Gasteiger partial charge >= 0.3 is 6.03 Å². The maximum Gasteiger partial charge on any atom is 0.317 e. The lowest BCUT2D eigenvalue weighted by Gasteiger charge is -2.32. The number of ether oxygens (including phenoxy) is 1. The van der Waals surface area contributed by atoms with Gasteiger partial charge < -0.3 is 15.0 Å². The molecule has 0 radical (unpaired) electrons. The summed E-state index contributed by atoms with van der Waals surface area (Å²) in [6.45, 7) is 2.53. The Morgan fingerprint density at radius 1 is 1.44 bits per heavy atom. The van der Waals surface area contributed by atoms with Crippen molar-refractivity contribution < 1.29 is 9.53 Å². The first-order valence-electron chi connectivity index (χ1n) is 9.22. The summed E-state index contributed by atoms with van der Waals surface area (Å²) in [7, 11) is 0. The molecule has 8 heteroatoms. The van der Waals surface area contributed by atoms with E-state index in [0.29, 0.717) is 19.7 Å². The Balaban J connectivity index is 1.21. The highest BCUT2D eigenvalue weighted by Crippen LogP contribution is 2.15. The smallest absolute Gasteiger partial charge is 0.317 e. The van der Waals surface area contributed by atoms with Crippen molar-refractivity contribution in [2.24, 2.45) is 0 Å². The van der Waals surface area contributed by atoms with E-state index in [9.17, 15) is 4.79 Å². The van der Waals surface area contributed by atoms with E-state index < -0.39 is 0 Å². The summed E-state index contributed by atoms with van der Waals surface area (Å²) in [6.07, 6.45) is 10.3. The molecule has 4 rings (SSSR count). The first kappa shape index (κ1) is 17.9. The summed E-state index contributed by atoms with van der Waals surface area (Å²) in [4.78, 5) is 23.9. The van der Waals surface area contributed by atoms with Gasteiger partial charge in [-0.15, -0.1) is 11.3 Å². The predicted molar refractivity (Wildman–Crippen MR) is 104 cm³/mol. The second-order valence-corrected chi connectivity index (χ2v) is 7.56. The van der Waals surface area contributed by atoms with Gasteiger partial charge in [-0.3, -0.25) is 9.38 Å². The van der Waals surface area contributed by atoms with Crippen molar-refractivity contribution in [3.05, 3.63) is 53.6 Å². The molecule has 0 spiro atoms. The SMILES string of the molecule is O=C(NCCc1cn2ccsc2n1)N1CCC[C@H](OCc2cccnc2)C1. The van der Waals surface area contributed by atoms with Crippen LogP contribution in [0.1, 0.15) is 24.1 Å². The van der Waals surface area contributed by atoms with E-state index in [-0.39, 0.29) is 12.1 Å². The molecule has 3 aromatic rings. The number of carbonyl (C=O) groups is 1. The van der Waals surface area contributed by atoms with E-state index in [1.54, 1.807) is 17.5 Å². The average molecular weight is 385 g/mol. The third-order valence-corrected chi connectivity index (χ3v) is 5.45. The summed E-state index contributed by atoms with van der Waals surface area (Å²) < 4.78 is 7.99. The minimum atomic E-state index is -0.0225. The molecule has 1 aliphatic heterocycles. The molecule has 3 aromatic heterocycles. The molecule has 27 heavy (non-hydrogen) atoms. The number of imidazole rings is 1. The lowest BCUT2D eigenvalue weighted by molar-refractivity contribution is -0.000402. The largest absolute Gasteiger partial charge is 0.372 e. The topological polar surface area (TPSA) is 71.8 Å². The second kappa shape index (κ2) is 8.49. The molecular formula is C19H23N5O2S. The third kappa shape index (κ3) is 4.64. The zero-order chi connectivity index (χ0) is 18.5. The summed E-state index contributed by atoms with van der Waals surface area (Å²) in [5.41, 5.74) is 2.05. The Morgan fingerprint density at radius 3 is 3.26 bits per heavy atom. The Bertz CT molecular complexity index is 850. The van der Waals surface area contributed by atoms with E-state index in [1.807, 2.05) is 45.4 Å². The van der Waals surface area contributed by atoms with Gasteiger partial charge in [0.2, 0.25) is 0 Å². The number of likely N-dealkylation sites (tertiary alicyclic amines) is 1. The molecule has 0 aliphatic carbocycles. The van der Waals surface area contributed by atoms with Crippen molar-refractivity contribution in [2.45, 2.75) is 32.0 Å². The van der Waals surface area contributed by atoms with Crippen LogP contribution in [0.3, 0.4) is 0 Å². The zero-order valence-electron chi connectivity index (χ0n) is 15.1. The van der Waals surface area contributed by atoms with Gasteiger partial charge in [0.1, 0.15) is 0 Å². The molecule has 1 atom stereocenters. The Hall–Kier alpha value is -2.45. The van der Waals surface area contributed by atoms with Crippen LogP contribution in [-0.4, -0.2) is 51.0 Å². The summed E-state index contributed by atoms with van der Waals surface area (Å²) in [5, 5.41) is 5.02. The zero-order valence-corrected chi connectivity index (χ0v) is 15.9. The lowest BCUT2D eigenvalue weighted by Crippen LogP contribution is -2.48. The Morgan fingerprint density at radius 2 is 2.41 bits per heavy atom. The Labute approximate surface area is 162 Å².